The maximum atomic E-state index is 10.6. The van der Waals surface area contributed by atoms with Crippen molar-refractivity contribution >= 4 is 29.7 Å². The van der Waals surface area contributed by atoms with Crippen molar-refractivity contribution in [2.45, 2.75) is 0 Å². The summed E-state index contributed by atoms with van der Waals surface area (Å²) in [5.41, 5.74) is -0.186. The minimum Gasteiger partial charge on any atom is -0.502 e. The third-order valence-corrected chi connectivity index (χ3v) is 2.04. The monoisotopic (exact) mass is 241 g/mol. The number of aromatic hydroxyl groups is 1. The van der Waals surface area contributed by atoms with E-state index in [4.69, 9.17) is 11.6 Å². The van der Waals surface area contributed by atoms with E-state index >= 15 is 0 Å². The van der Waals surface area contributed by atoms with Crippen molar-refractivity contribution in [2.24, 2.45) is 0 Å². The second kappa shape index (κ2) is 5.27. The highest BCUT2D eigenvalue weighted by Gasteiger charge is 2.17. The van der Waals surface area contributed by atoms with Gasteiger partial charge in [0.1, 0.15) is 0 Å². The van der Waals surface area contributed by atoms with Crippen LogP contribution < -0.4 is 0 Å². The van der Waals surface area contributed by atoms with Crippen LogP contribution in [0.25, 0.3) is 6.08 Å². The first-order chi connectivity index (χ1) is 7.60. The van der Waals surface area contributed by atoms with Gasteiger partial charge in [-0.05, 0) is 11.6 Å². The fraction of sp³-hybridized carbons (Fsp3) is 0.100. The van der Waals surface area contributed by atoms with Crippen LogP contribution in [0.3, 0.4) is 0 Å². The van der Waals surface area contributed by atoms with E-state index in [1.165, 1.54) is 18.2 Å². The lowest BCUT2D eigenvalue weighted by Gasteiger charge is -2.01. The number of alkyl halides is 1. The lowest BCUT2D eigenvalue weighted by Crippen LogP contribution is -1.93. The largest absolute Gasteiger partial charge is 0.502 e. The van der Waals surface area contributed by atoms with Crippen LogP contribution in [0, 0.1) is 10.1 Å². The van der Waals surface area contributed by atoms with Crippen molar-refractivity contribution in [3.05, 3.63) is 39.4 Å². The highest BCUT2D eigenvalue weighted by atomic mass is 35.5. The molecule has 0 radical (unpaired) electrons. The Hall–Kier alpha value is -1.88. The van der Waals surface area contributed by atoms with E-state index in [0.717, 1.165) is 0 Å². The molecule has 1 aromatic carbocycles. The number of halogens is 1. The zero-order chi connectivity index (χ0) is 12.1. The van der Waals surface area contributed by atoms with Crippen LogP contribution in [0.1, 0.15) is 15.9 Å². The molecular formula is C10H8ClNO4. The number of allylic oxidation sites excluding steroid dienone is 1. The predicted molar refractivity (Wildman–Crippen MR) is 59.9 cm³/mol. The normalized spacial score (nSPS) is 10.6. The van der Waals surface area contributed by atoms with Crippen molar-refractivity contribution in [3.8, 4) is 5.75 Å². The van der Waals surface area contributed by atoms with Gasteiger partial charge in [0.25, 0.3) is 0 Å². The zero-order valence-electron chi connectivity index (χ0n) is 8.09. The number of benzene rings is 1. The summed E-state index contributed by atoms with van der Waals surface area (Å²) in [6, 6.07) is 2.52. The van der Waals surface area contributed by atoms with Gasteiger partial charge >= 0.3 is 5.69 Å². The molecular weight excluding hydrogens is 234 g/mol. The van der Waals surface area contributed by atoms with Crippen LogP contribution in [0.15, 0.2) is 18.2 Å². The van der Waals surface area contributed by atoms with E-state index in [0.29, 0.717) is 11.8 Å². The van der Waals surface area contributed by atoms with E-state index in [2.05, 4.69) is 0 Å². The van der Waals surface area contributed by atoms with Gasteiger partial charge < -0.3 is 5.11 Å². The molecule has 0 aromatic heterocycles. The zero-order valence-corrected chi connectivity index (χ0v) is 8.85. The number of phenolic OH excluding ortho intramolecular Hbond substituents is 1. The first-order valence-electron chi connectivity index (χ1n) is 4.29. The molecule has 0 aliphatic carbocycles. The van der Waals surface area contributed by atoms with Crippen molar-refractivity contribution in [1.29, 1.82) is 0 Å². The number of phenols is 1. The molecule has 0 atom stereocenters. The Kier molecular flexibility index (Phi) is 4.02. The summed E-state index contributed by atoms with van der Waals surface area (Å²) >= 11 is 5.42. The van der Waals surface area contributed by atoms with Crippen molar-refractivity contribution < 1.29 is 14.8 Å². The summed E-state index contributed by atoms with van der Waals surface area (Å²) in [5.74, 6) is -0.367. The molecule has 5 nitrogen and oxygen atoms in total. The van der Waals surface area contributed by atoms with E-state index in [9.17, 15) is 20.0 Å². The van der Waals surface area contributed by atoms with E-state index in [1.54, 1.807) is 6.08 Å². The molecule has 0 aliphatic rings. The summed E-state index contributed by atoms with van der Waals surface area (Å²) in [6.07, 6.45) is 3.47. The van der Waals surface area contributed by atoms with Crippen LogP contribution in [0.2, 0.25) is 0 Å². The van der Waals surface area contributed by atoms with Gasteiger partial charge in [-0.25, -0.2) is 0 Å². The maximum absolute atomic E-state index is 10.6. The van der Waals surface area contributed by atoms with E-state index < -0.39 is 16.4 Å². The molecule has 0 saturated carbocycles. The Balaban J connectivity index is 3.33. The van der Waals surface area contributed by atoms with Gasteiger partial charge in [0.2, 0.25) is 5.75 Å². The molecule has 0 unspecified atom stereocenters. The van der Waals surface area contributed by atoms with Crippen LogP contribution in [0.4, 0.5) is 5.69 Å². The predicted octanol–water partition coefficient (Wildman–Crippen LogP) is 2.36. The molecule has 1 N–H and O–H groups in total. The van der Waals surface area contributed by atoms with Gasteiger partial charge in [0.05, 0.1) is 10.5 Å². The van der Waals surface area contributed by atoms with Crippen LogP contribution in [-0.2, 0) is 0 Å². The number of rotatable bonds is 4. The standard InChI is InChI=1S/C10H8ClNO4/c11-3-1-2-7-4-8(6-13)10(14)9(5-7)12(15)16/h1-2,4-6,14H,3H2. The number of nitro groups is 1. The molecule has 6 heteroatoms. The Morgan fingerprint density at radius 1 is 1.50 bits per heavy atom. The molecule has 0 aliphatic heterocycles. The van der Waals surface area contributed by atoms with Crippen molar-refractivity contribution in [3.63, 3.8) is 0 Å². The van der Waals surface area contributed by atoms with Gasteiger partial charge in [0, 0.05) is 11.9 Å². The SMILES string of the molecule is O=Cc1cc(C=CCCl)cc([N+](=O)[O-])c1O. The summed E-state index contributed by atoms with van der Waals surface area (Å²) in [7, 11) is 0. The van der Waals surface area contributed by atoms with Gasteiger partial charge in [0.15, 0.2) is 6.29 Å². The topological polar surface area (TPSA) is 80.4 Å². The molecule has 0 amide bonds. The van der Waals surface area contributed by atoms with Gasteiger partial charge in [-0.3, -0.25) is 14.9 Å². The minimum absolute atomic E-state index is 0.122. The van der Waals surface area contributed by atoms with E-state index in [-0.39, 0.29) is 11.4 Å². The Morgan fingerprint density at radius 2 is 2.19 bits per heavy atom. The van der Waals surface area contributed by atoms with Crippen LogP contribution in [-0.4, -0.2) is 22.2 Å². The average molecular weight is 242 g/mol. The Morgan fingerprint density at radius 3 is 2.69 bits per heavy atom. The quantitative estimate of drug-likeness (QED) is 0.380. The number of hydrogen-bond acceptors (Lipinski definition) is 4. The van der Waals surface area contributed by atoms with E-state index in [1.807, 2.05) is 0 Å². The molecule has 0 bridgehead atoms. The smallest absolute Gasteiger partial charge is 0.312 e. The van der Waals surface area contributed by atoms with Gasteiger partial charge in [-0.15, -0.1) is 11.6 Å². The number of aldehydes is 1. The summed E-state index contributed by atoms with van der Waals surface area (Å²) in [4.78, 5) is 20.4. The highest BCUT2D eigenvalue weighted by molar-refractivity contribution is 6.19. The number of nitro benzene ring substituents is 1. The molecule has 0 heterocycles. The number of carbonyl (C=O) groups excluding carboxylic acids is 1. The minimum atomic E-state index is -0.750. The first kappa shape index (κ1) is 12.2. The lowest BCUT2D eigenvalue weighted by molar-refractivity contribution is -0.385. The maximum Gasteiger partial charge on any atom is 0.312 e. The van der Waals surface area contributed by atoms with Gasteiger partial charge in [-0.2, -0.15) is 0 Å². The fourth-order valence-corrected chi connectivity index (χ4v) is 1.26. The summed E-state index contributed by atoms with van der Waals surface area (Å²) in [6.45, 7) is 0. The fourth-order valence-electron chi connectivity index (χ4n) is 1.17. The third kappa shape index (κ3) is 2.58. The van der Waals surface area contributed by atoms with Crippen molar-refractivity contribution in [2.75, 3.05) is 5.88 Å². The number of carbonyl (C=O) groups is 1. The molecule has 84 valence electrons. The average Bonchev–Trinajstić information content (AvgIpc) is 2.27. The molecule has 0 fully saturated rings. The summed E-state index contributed by atoms with van der Waals surface area (Å²) < 4.78 is 0. The molecule has 0 saturated heterocycles. The van der Waals surface area contributed by atoms with Gasteiger partial charge in [-0.1, -0.05) is 12.2 Å². The first-order valence-corrected chi connectivity index (χ1v) is 4.82. The van der Waals surface area contributed by atoms with Crippen LogP contribution in [0.5, 0.6) is 5.75 Å². The molecule has 1 rings (SSSR count). The highest BCUT2D eigenvalue weighted by Crippen LogP contribution is 2.30. The second-order valence-electron chi connectivity index (χ2n) is 2.91. The van der Waals surface area contributed by atoms with Crippen LogP contribution >= 0.6 is 11.6 Å². The number of nitrogens with zero attached hydrogens (tertiary/aromatic N) is 1. The molecule has 0 spiro atoms. The lowest BCUT2D eigenvalue weighted by atomic mass is 10.1. The Labute approximate surface area is 96.1 Å². The number of hydrogen-bond donors (Lipinski definition) is 1. The van der Waals surface area contributed by atoms with Crippen molar-refractivity contribution in [1.82, 2.24) is 0 Å². The molecule has 1 aromatic rings. The third-order valence-electron chi connectivity index (χ3n) is 1.86. The molecule has 16 heavy (non-hydrogen) atoms. The second-order valence-corrected chi connectivity index (χ2v) is 3.22. The summed E-state index contributed by atoms with van der Waals surface area (Å²) in [5, 5.41) is 20.0. The Bertz CT molecular complexity index is 456.